The van der Waals surface area contributed by atoms with Crippen LogP contribution in [0.2, 0.25) is 0 Å². The number of fused-ring (bicyclic) bond motifs is 3. The Labute approximate surface area is 159 Å². The Morgan fingerprint density at radius 2 is 1.89 bits per heavy atom. The van der Waals surface area contributed by atoms with E-state index in [1.54, 1.807) is 12.1 Å². The number of rotatable bonds is 1. The highest BCUT2D eigenvalue weighted by molar-refractivity contribution is 6.24. The van der Waals surface area contributed by atoms with Gasteiger partial charge >= 0.3 is 0 Å². The van der Waals surface area contributed by atoms with Crippen molar-refractivity contribution in [3.8, 4) is 5.75 Å². The first kappa shape index (κ1) is 18.2. The van der Waals surface area contributed by atoms with Gasteiger partial charge in [0, 0.05) is 17.9 Å². The maximum absolute atomic E-state index is 13.1. The van der Waals surface area contributed by atoms with Crippen molar-refractivity contribution in [3.05, 3.63) is 52.0 Å². The molecule has 0 bridgehead atoms. The highest BCUT2D eigenvalue weighted by atomic mass is 16.3. The van der Waals surface area contributed by atoms with Crippen molar-refractivity contribution in [2.75, 3.05) is 0 Å². The van der Waals surface area contributed by atoms with Gasteiger partial charge in [-0.05, 0) is 29.9 Å². The first-order valence-corrected chi connectivity index (χ1v) is 8.89. The van der Waals surface area contributed by atoms with Crippen LogP contribution in [0.1, 0.15) is 41.6 Å². The van der Waals surface area contributed by atoms with Gasteiger partial charge < -0.3 is 26.2 Å². The predicted molar refractivity (Wildman–Crippen MR) is 95.5 cm³/mol. The van der Waals surface area contributed by atoms with E-state index in [0.717, 1.165) is 0 Å². The number of hydrogen-bond acceptors (Lipinski definition) is 7. The second-order valence-corrected chi connectivity index (χ2v) is 7.65. The van der Waals surface area contributed by atoms with Crippen LogP contribution in [0.4, 0.5) is 0 Å². The summed E-state index contributed by atoms with van der Waals surface area (Å²) in [6.07, 6.45) is -0.109. The van der Waals surface area contributed by atoms with Crippen molar-refractivity contribution in [1.29, 1.82) is 0 Å². The van der Waals surface area contributed by atoms with Gasteiger partial charge in [-0.15, -0.1) is 0 Å². The first-order valence-electron chi connectivity index (χ1n) is 8.89. The summed E-state index contributed by atoms with van der Waals surface area (Å²) < 4.78 is 0. The third-order valence-electron chi connectivity index (χ3n) is 6.30. The summed E-state index contributed by atoms with van der Waals surface area (Å²) >= 11 is 0. The molecule has 0 fully saturated rings. The van der Waals surface area contributed by atoms with Crippen molar-refractivity contribution in [2.45, 2.75) is 31.3 Å². The summed E-state index contributed by atoms with van der Waals surface area (Å²) in [7, 11) is 0. The summed E-state index contributed by atoms with van der Waals surface area (Å²) in [5, 5.41) is 42.2. The first-order chi connectivity index (χ1) is 13.1. The van der Waals surface area contributed by atoms with Crippen LogP contribution in [0, 0.1) is 11.8 Å². The second-order valence-electron chi connectivity index (χ2n) is 7.65. The van der Waals surface area contributed by atoms with Gasteiger partial charge in [-0.3, -0.25) is 14.4 Å². The van der Waals surface area contributed by atoms with Gasteiger partial charge in [0.15, 0.2) is 11.4 Å². The molecule has 8 heteroatoms. The third kappa shape index (κ3) is 2.06. The molecule has 4 atom stereocenters. The number of amides is 1. The summed E-state index contributed by atoms with van der Waals surface area (Å²) in [6.45, 7) is 1.82. The van der Waals surface area contributed by atoms with E-state index in [1.807, 2.05) is 6.92 Å². The smallest absolute Gasteiger partial charge is 0.255 e. The SMILES string of the molecule is CC1c2cccc(O)c2C(=O)C2=C(O)[C@]3(O)C(=O)C(C(N)=O)=C(O)CC3CC21. The predicted octanol–water partition coefficient (Wildman–Crippen LogP) is 1.14. The summed E-state index contributed by atoms with van der Waals surface area (Å²) in [6, 6.07) is 4.67. The molecule has 3 unspecified atom stereocenters. The zero-order chi connectivity index (χ0) is 20.5. The molecule has 0 spiro atoms. The molecular formula is C20H19NO7. The van der Waals surface area contributed by atoms with Gasteiger partial charge in [0.2, 0.25) is 5.78 Å². The molecule has 4 rings (SSSR count). The number of carbonyl (C=O) groups excluding carboxylic acids is 3. The standard InChI is InChI=1S/C20H19NO7/c1-7-9-3-2-4-11(22)13(9)16(24)14-10(7)5-8-6-12(23)15(19(21)27)18(26)20(8,28)17(14)25/h2-4,7-8,10,22-23,25,28H,5-6H2,1H3,(H2,21,27)/t7?,8?,10?,20-/m0/s1. The number of aliphatic hydroxyl groups excluding tert-OH is 2. The zero-order valence-electron chi connectivity index (χ0n) is 15.0. The highest BCUT2D eigenvalue weighted by Gasteiger charge is 2.60. The molecule has 0 aromatic heterocycles. The van der Waals surface area contributed by atoms with E-state index in [1.165, 1.54) is 6.07 Å². The minimum Gasteiger partial charge on any atom is -0.511 e. The number of primary amides is 1. The summed E-state index contributed by atoms with van der Waals surface area (Å²) in [5.74, 6) is -6.48. The number of aromatic hydroxyl groups is 1. The average molecular weight is 385 g/mol. The molecule has 3 aliphatic rings. The molecule has 0 aliphatic heterocycles. The van der Waals surface area contributed by atoms with E-state index < -0.39 is 52.0 Å². The Morgan fingerprint density at radius 1 is 1.21 bits per heavy atom. The van der Waals surface area contributed by atoms with E-state index in [4.69, 9.17) is 5.73 Å². The number of nitrogens with two attached hydrogens (primary N) is 1. The molecule has 1 aromatic rings. The fraction of sp³-hybridized carbons (Fsp3) is 0.350. The van der Waals surface area contributed by atoms with Crippen molar-refractivity contribution in [3.63, 3.8) is 0 Å². The number of carbonyl (C=O) groups is 3. The quantitative estimate of drug-likeness (QED) is 0.453. The molecule has 3 aliphatic carbocycles. The fourth-order valence-corrected chi connectivity index (χ4v) is 4.87. The molecular weight excluding hydrogens is 366 g/mol. The van der Waals surface area contributed by atoms with Crippen molar-refractivity contribution in [1.82, 2.24) is 0 Å². The lowest BCUT2D eigenvalue weighted by Crippen LogP contribution is -2.57. The third-order valence-corrected chi connectivity index (χ3v) is 6.30. The molecule has 28 heavy (non-hydrogen) atoms. The minimum absolute atomic E-state index is 0.0200. The van der Waals surface area contributed by atoms with Crippen LogP contribution in [0.3, 0.4) is 0 Å². The van der Waals surface area contributed by atoms with Gasteiger partial charge in [0.25, 0.3) is 5.91 Å². The van der Waals surface area contributed by atoms with Crippen LogP contribution in [-0.4, -0.2) is 43.5 Å². The number of aliphatic hydroxyl groups is 3. The molecule has 0 radical (unpaired) electrons. The van der Waals surface area contributed by atoms with E-state index in [-0.39, 0.29) is 35.6 Å². The van der Waals surface area contributed by atoms with Crippen LogP contribution in [0.15, 0.2) is 40.9 Å². The van der Waals surface area contributed by atoms with Gasteiger partial charge in [-0.1, -0.05) is 19.1 Å². The maximum atomic E-state index is 13.1. The van der Waals surface area contributed by atoms with Gasteiger partial charge in [-0.25, -0.2) is 0 Å². The number of phenolic OH excluding ortho intramolecular Hbond substituents is 1. The number of phenols is 1. The largest absolute Gasteiger partial charge is 0.511 e. The molecule has 1 aromatic carbocycles. The van der Waals surface area contributed by atoms with Crippen LogP contribution >= 0.6 is 0 Å². The summed E-state index contributed by atoms with van der Waals surface area (Å²) in [4.78, 5) is 37.5. The Hall–Kier alpha value is -3.13. The van der Waals surface area contributed by atoms with Gasteiger partial charge in [0.1, 0.15) is 22.8 Å². The number of benzene rings is 1. The lowest BCUT2D eigenvalue weighted by Gasteiger charge is -2.47. The van der Waals surface area contributed by atoms with Gasteiger partial charge in [0.05, 0.1) is 5.56 Å². The topological polar surface area (TPSA) is 158 Å². The van der Waals surface area contributed by atoms with Crippen molar-refractivity contribution >= 4 is 17.5 Å². The lowest BCUT2D eigenvalue weighted by molar-refractivity contribution is -0.144. The highest BCUT2D eigenvalue weighted by Crippen LogP contribution is 2.54. The molecule has 6 N–H and O–H groups in total. The Balaban J connectivity index is 1.95. The normalized spacial score (nSPS) is 32.0. The average Bonchev–Trinajstić information content (AvgIpc) is 2.62. The van der Waals surface area contributed by atoms with Crippen LogP contribution in [-0.2, 0) is 9.59 Å². The molecule has 0 heterocycles. The second kappa shape index (κ2) is 5.68. The van der Waals surface area contributed by atoms with Crippen LogP contribution in [0.25, 0.3) is 0 Å². The van der Waals surface area contributed by atoms with E-state index in [2.05, 4.69) is 0 Å². The minimum atomic E-state index is -2.53. The van der Waals surface area contributed by atoms with Crippen LogP contribution in [0.5, 0.6) is 5.75 Å². The maximum Gasteiger partial charge on any atom is 0.255 e. The van der Waals surface area contributed by atoms with Crippen molar-refractivity contribution in [2.24, 2.45) is 17.6 Å². The van der Waals surface area contributed by atoms with E-state index in [0.29, 0.717) is 5.56 Å². The van der Waals surface area contributed by atoms with E-state index in [9.17, 15) is 34.8 Å². The monoisotopic (exact) mass is 385 g/mol. The number of ketones is 2. The number of hydrogen-bond donors (Lipinski definition) is 5. The Bertz CT molecular complexity index is 1020. The van der Waals surface area contributed by atoms with Crippen LogP contribution < -0.4 is 5.73 Å². The molecule has 0 saturated heterocycles. The lowest BCUT2D eigenvalue weighted by atomic mass is 9.58. The van der Waals surface area contributed by atoms with E-state index >= 15 is 0 Å². The zero-order valence-corrected chi connectivity index (χ0v) is 15.0. The Morgan fingerprint density at radius 3 is 2.54 bits per heavy atom. The fourth-order valence-electron chi connectivity index (χ4n) is 4.87. The molecule has 8 nitrogen and oxygen atoms in total. The number of Topliss-reactive ketones (excluding diaryl/α,β-unsaturated/α-hetero) is 2. The van der Waals surface area contributed by atoms with Gasteiger partial charge in [-0.2, -0.15) is 0 Å². The molecule has 1 amide bonds. The molecule has 146 valence electrons. The molecule has 0 saturated carbocycles. The number of allylic oxidation sites excluding steroid dienone is 2. The van der Waals surface area contributed by atoms with Crippen molar-refractivity contribution < 1.29 is 34.8 Å². The summed E-state index contributed by atoms with van der Waals surface area (Å²) in [5.41, 5.74) is 2.32. The Kier molecular flexibility index (Phi) is 3.70.